The Kier molecular flexibility index (Phi) is 4.86. The predicted molar refractivity (Wildman–Crippen MR) is 125 cm³/mol. The van der Waals surface area contributed by atoms with Crippen molar-refractivity contribution >= 4 is 48.8 Å². The van der Waals surface area contributed by atoms with Crippen molar-refractivity contribution < 1.29 is 4.74 Å². The summed E-state index contributed by atoms with van der Waals surface area (Å²) < 4.78 is 9.26. The topological polar surface area (TPSA) is 9.23 Å². The molecule has 3 aromatic rings. The molecular weight excluding hydrogens is 546 g/mol. The fourth-order valence-electron chi connectivity index (χ4n) is 3.49. The summed E-state index contributed by atoms with van der Waals surface area (Å²) in [5, 5.41) is 0. The highest BCUT2D eigenvalue weighted by molar-refractivity contribution is 14.1. The minimum Gasteiger partial charge on any atom is -0.472 e. The Morgan fingerprint density at radius 2 is 1.31 bits per heavy atom. The Morgan fingerprint density at radius 1 is 0.731 bits per heavy atom. The molecular formula is C23H18I2O. The second kappa shape index (κ2) is 7.00. The Labute approximate surface area is 181 Å². The maximum atomic E-state index is 6.81. The Morgan fingerprint density at radius 3 is 1.88 bits per heavy atom. The van der Waals surface area contributed by atoms with Gasteiger partial charge in [-0.1, -0.05) is 77.9 Å². The molecule has 0 bridgehead atoms. The van der Waals surface area contributed by atoms with Gasteiger partial charge in [-0.3, -0.25) is 0 Å². The molecule has 0 aliphatic carbocycles. The van der Waals surface area contributed by atoms with E-state index in [9.17, 15) is 0 Å². The highest BCUT2D eigenvalue weighted by Crippen LogP contribution is 2.54. The molecule has 0 saturated heterocycles. The normalized spacial score (nSPS) is 15.4. The van der Waals surface area contributed by atoms with Gasteiger partial charge in [-0.15, -0.1) is 0 Å². The van der Waals surface area contributed by atoms with Gasteiger partial charge in [0.25, 0.3) is 0 Å². The molecule has 0 radical (unpaired) electrons. The molecule has 3 heteroatoms. The van der Waals surface area contributed by atoms with Gasteiger partial charge in [-0.05, 0) is 65.1 Å². The third kappa shape index (κ3) is 2.89. The third-order valence-electron chi connectivity index (χ3n) is 4.74. The predicted octanol–water partition coefficient (Wildman–Crippen LogP) is 7.18. The number of rotatable bonds is 2. The van der Waals surface area contributed by atoms with Gasteiger partial charge < -0.3 is 4.74 Å². The number of fused-ring (bicyclic) bond motifs is 1. The van der Waals surface area contributed by atoms with E-state index >= 15 is 0 Å². The maximum absolute atomic E-state index is 6.81. The van der Waals surface area contributed by atoms with Crippen LogP contribution in [0.15, 0.2) is 76.4 Å². The average Bonchev–Trinajstić information content (AvgIpc) is 2.65. The van der Waals surface area contributed by atoms with Gasteiger partial charge in [0.15, 0.2) is 5.60 Å². The van der Waals surface area contributed by atoms with Gasteiger partial charge in [-0.25, -0.2) is 0 Å². The molecule has 1 nitrogen and oxygen atoms in total. The SMILES string of the molecule is Cc1cccc(C2(c3cccc(C)c3)Oc3ccccc3C(I)=C2I)c1. The molecule has 0 spiro atoms. The van der Waals surface area contributed by atoms with Crippen LogP contribution in [0.3, 0.4) is 0 Å². The van der Waals surface area contributed by atoms with Crippen molar-refractivity contribution in [3.63, 3.8) is 0 Å². The van der Waals surface area contributed by atoms with Crippen LogP contribution < -0.4 is 4.74 Å². The van der Waals surface area contributed by atoms with Gasteiger partial charge in [-0.2, -0.15) is 0 Å². The van der Waals surface area contributed by atoms with Gasteiger partial charge in [0.05, 0.1) is 3.58 Å². The van der Waals surface area contributed by atoms with E-state index in [4.69, 9.17) is 4.74 Å². The molecule has 130 valence electrons. The van der Waals surface area contributed by atoms with Crippen LogP contribution in [0.1, 0.15) is 27.8 Å². The Hall–Kier alpha value is -1.34. The zero-order valence-corrected chi connectivity index (χ0v) is 18.9. The minimum absolute atomic E-state index is 0.622. The van der Waals surface area contributed by atoms with E-state index in [0.717, 1.165) is 22.4 Å². The van der Waals surface area contributed by atoms with Crippen LogP contribution in [0.25, 0.3) is 3.58 Å². The second-order valence-electron chi connectivity index (χ2n) is 6.65. The Bertz CT molecular complexity index is 974. The van der Waals surface area contributed by atoms with E-state index in [1.165, 1.54) is 18.3 Å². The largest absolute Gasteiger partial charge is 0.472 e. The van der Waals surface area contributed by atoms with Crippen LogP contribution in [0.4, 0.5) is 0 Å². The van der Waals surface area contributed by atoms with Crippen molar-refractivity contribution in [2.75, 3.05) is 0 Å². The quantitative estimate of drug-likeness (QED) is 0.300. The Balaban J connectivity index is 2.07. The fourth-order valence-corrected chi connectivity index (χ4v) is 5.33. The summed E-state index contributed by atoms with van der Waals surface area (Å²) in [6.07, 6.45) is 0. The third-order valence-corrected chi connectivity index (χ3v) is 8.19. The van der Waals surface area contributed by atoms with Crippen LogP contribution in [0.2, 0.25) is 0 Å². The number of hydrogen-bond donors (Lipinski definition) is 0. The van der Waals surface area contributed by atoms with Crippen molar-refractivity contribution in [2.45, 2.75) is 19.4 Å². The second-order valence-corrected chi connectivity index (χ2v) is 8.80. The number of ether oxygens (including phenoxy) is 1. The van der Waals surface area contributed by atoms with Crippen LogP contribution in [0, 0.1) is 13.8 Å². The van der Waals surface area contributed by atoms with Crippen molar-refractivity contribution in [1.82, 2.24) is 0 Å². The maximum Gasteiger partial charge on any atom is 0.191 e. The highest BCUT2D eigenvalue weighted by atomic mass is 127. The first kappa shape index (κ1) is 18.0. The van der Waals surface area contributed by atoms with E-state index in [1.807, 2.05) is 6.07 Å². The summed E-state index contributed by atoms with van der Waals surface area (Å²) in [6, 6.07) is 25.6. The molecule has 0 atom stereocenters. The summed E-state index contributed by atoms with van der Waals surface area (Å²) in [5.41, 5.74) is 5.33. The molecule has 0 N–H and O–H groups in total. The summed E-state index contributed by atoms with van der Waals surface area (Å²) in [7, 11) is 0. The van der Waals surface area contributed by atoms with Gasteiger partial charge in [0.1, 0.15) is 5.75 Å². The molecule has 1 aliphatic rings. The fraction of sp³-hybridized carbons (Fsp3) is 0.130. The smallest absolute Gasteiger partial charge is 0.191 e. The molecule has 0 saturated carbocycles. The zero-order valence-electron chi connectivity index (χ0n) is 14.6. The number of aryl methyl sites for hydroxylation is 2. The van der Waals surface area contributed by atoms with Crippen LogP contribution in [-0.2, 0) is 5.60 Å². The molecule has 26 heavy (non-hydrogen) atoms. The van der Waals surface area contributed by atoms with Crippen LogP contribution >= 0.6 is 45.2 Å². The van der Waals surface area contributed by atoms with Gasteiger partial charge in [0, 0.05) is 20.3 Å². The van der Waals surface area contributed by atoms with Crippen LogP contribution in [-0.4, -0.2) is 0 Å². The molecule has 3 aromatic carbocycles. The van der Waals surface area contributed by atoms with Crippen LogP contribution in [0.5, 0.6) is 5.75 Å². The summed E-state index contributed by atoms with van der Waals surface area (Å²) in [4.78, 5) is 0. The first-order valence-corrected chi connectivity index (χ1v) is 10.7. The first-order valence-electron chi connectivity index (χ1n) is 8.51. The molecule has 1 aliphatic heterocycles. The summed E-state index contributed by atoms with van der Waals surface area (Å²) >= 11 is 4.93. The van der Waals surface area contributed by atoms with E-state index in [0.29, 0.717) is 0 Å². The number of benzene rings is 3. The number of para-hydroxylation sites is 1. The molecule has 0 aromatic heterocycles. The van der Waals surface area contributed by atoms with Crippen molar-refractivity contribution in [2.24, 2.45) is 0 Å². The summed E-state index contributed by atoms with van der Waals surface area (Å²) in [6.45, 7) is 4.26. The zero-order chi connectivity index (χ0) is 18.3. The lowest BCUT2D eigenvalue weighted by Crippen LogP contribution is -2.37. The van der Waals surface area contributed by atoms with E-state index < -0.39 is 5.60 Å². The lowest BCUT2D eigenvalue weighted by Gasteiger charge is -2.40. The van der Waals surface area contributed by atoms with E-state index in [-0.39, 0.29) is 0 Å². The van der Waals surface area contributed by atoms with E-state index in [2.05, 4.69) is 126 Å². The van der Waals surface area contributed by atoms with Crippen molar-refractivity contribution in [1.29, 1.82) is 0 Å². The first-order chi connectivity index (χ1) is 12.5. The lowest BCUT2D eigenvalue weighted by atomic mass is 9.82. The van der Waals surface area contributed by atoms with Gasteiger partial charge >= 0.3 is 0 Å². The van der Waals surface area contributed by atoms with Crippen molar-refractivity contribution in [3.8, 4) is 5.75 Å². The summed E-state index contributed by atoms with van der Waals surface area (Å²) in [5.74, 6) is 0.931. The molecule has 0 amide bonds. The van der Waals surface area contributed by atoms with Gasteiger partial charge in [0.2, 0.25) is 0 Å². The molecule has 4 rings (SSSR count). The van der Waals surface area contributed by atoms with Crippen molar-refractivity contribution in [3.05, 3.63) is 104 Å². The average molecular weight is 564 g/mol. The highest BCUT2D eigenvalue weighted by Gasteiger charge is 2.44. The number of halogens is 2. The molecule has 0 unspecified atom stereocenters. The minimum atomic E-state index is -0.622. The molecule has 1 heterocycles. The van der Waals surface area contributed by atoms with E-state index in [1.54, 1.807) is 0 Å². The standard InChI is InChI=1S/C23H18I2O/c1-15-7-5-9-17(13-15)23(18-10-6-8-16(2)14-18)22(25)21(24)19-11-3-4-12-20(19)26-23/h3-14H,1-2H3. The number of hydrogen-bond acceptors (Lipinski definition) is 1. The lowest BCUT2D eigenvalue weighted by molar-refractivity contribution is 0.158. The molecule has 0 fully saturated rings. The monoisotopic (exact) mass is 564 g/mol.